The number of nitrogens with one attached hydrogen (secondary N) is 1. The van der Waals surface area contributed by atoms with Gasteiger partial charge in [0.1, 0.15) is 0 Å². The summed E-state index contributed by atoms with van der Waals surface area (Å²) < 4.78 is 6.22. The monoisotopic (exact) mass is 307 g/mol. The fraction of sp³-hybridized carbons (Fsp3) is 0.636. The second-order valence-corrected chi connectivity index (χ2v) is 5.50. The Balaban J connectivity index is 2.46. The lowest BCUT2D eigenvalue weighted by Crippen LogP contribution is -2.28. The van der Waals surface area contributed by atoms with Crippen LogP contribution >= 0.6 is 27.3 Å². The maximum atomic E-state index is 8.89. The van der Waals surface area contributed by atoms with Crippen LogP contribution < -0.4 is 10.1 Å². The molecule has 1 atom stereocenters. The molecule has 0 aliphatic heterocycles. The van der Waals surface area contributed by atoms with E-state index < -0.39 is 0 Å². The van der Waals surface area contributed by atoms with Crippen LogP contribution in [0, 0.1) is 0 Å². The smallest absolute Gasteiger partial charge is 0.188 e. The molecular formula is C11H18BrNO2S. The maximum absolute atomic E-state index is 8.89. The van der Waals surface area contributed by atoms with Gasteiger partial charge in [-0.15, -0.1) is 11.3 Å². The lowest BCUT2D eigenvalue weighted by Gasteiger charge is -2.14. The van der Waals surface area contributed by atoms with E-state index in [1.54, 1.807) is 18.4 Å². The van der Waals surface area contributed by atoms with Crippen LogP contribution in [-0.2, 0) is 6.54 Å². The minimum atomic E-state index is 0.239. The largest absolute Gasteiger partial charge is 0.486 e. The predicted octanol–water partition coefficient (Wildman–Crippen LogP) is 2.77. The second kappa shape index (κ2) is 7.27. The van der Waals surface area contributed by atoms with Gasteiger partial charge in [-0.05, 0) is 34.8 Å². The van der Waals surface area contributed by atoms with Crippen molar-refractivity contribution in [1.29, 1.82) is 0 Å². The third-order valence-corrected chi connectivity index (χ3v) is 4.38. The van der Waals surface area contributed by atoms with Crippen molar-refractivity contribution in [2.45, 2.75) is 32.4 Å². The summed E-state index contributed by atoms with van der Waals surface area (Å²) in [6.45, 7) is 3.19. The van der Waals surface area contributed by atoms with Crippen LogP contribution in [0.15, 0.2) is 10.5 Å². The van der Waals surface area contributed by atoms with E-state index in [9.17, 15) is 0 Å². The number of aliphatic hydroxyl groups is 1. The Morgan fingerprint density at radius 1 is 1.62 bits per heavy atom. The molecule has 0 aliphatic rings. The molecule has 1 aromatic heterocycles. The average Bonchev–Trinajstić information content (AvgIpc) is 2.65. The lowest BCUT2D eigenvalue weighted by atomic mass is 10.1. The Hall–Kier alpha value is -0.100. The van der Waals surface area contributed by atoms with Gasteiger partial charge in [-0.3, -0.25) is 0 Å². The molecule has 0 radical (unpaired) electrons. The fourth-order valence-corrected chi connectivity index (χ4v) is 3.12. The normalized spacial score (nSPS) is 12.8. The minimum Gasteiger partial charge on any atom is -0.486 e. The highest BCUT2D eigenvalue weighted by Crippen LogP contribution is 2.34. The Morgan fingerprint density at radius 3 is 2.88 bits per heavy atom. The average molecular weight is 308 g/mol. The summed E-state index contributed by atoms with van der Waals surface area (Å²) in [7, 11) is 1.68. The third-order valence-electron chi connectivity index (χ3n) is 2.43. The molecular weight excluding hydrogens is 290 g/mol. The highest BCUT2D eigenvalue weighted by atomic mass is 79.9. The molecule has 1 rings (SSSR count). The number of hydrogen-bond acceptors (Lipinski definition) is 4. The van der Waals surface area contributed by atoms with Crippen molar-refractivity contribution in [1.82, 2.24) is 5.32 Å². The second-order valence-electron chi connectivity index (χ2n) is 3.55. The Kier molecular flexibility index (Phi) is 6.34. The highest BCUT2D eigenvalue weighted by Gasteiger charge is 2.09. The zero-order chi connectivity index (χ0) is 12.0. The van der Waals surface area contributed by atoms with Gasteiger partial charge in [0.15, 0.2) is 5.06 Å². The van der Waals surface area contributed by atoms with E-state index in [0.717, 1.165) is 28.9 Å². The van der Waals surface area contributed by atoms with E-state index in [4.69, 9.17) is 9.84 Å². The molecule has 2 N–H and O–H groups in total. The molecule has 1 aromatic rings. The van der Waals surface area contributed by atoms with Crippen molar-refractivity contribution < 1.29 is 9.84 Å². The number of hydrogen-bond donors (Lipinski definition) is 2. The van der Waals surface area contributed by atoms with E-state index in [1.807, 2.05) is 0 Å². The molecule has 0 fully saturated rings. The number of ether oxygens (including phenoxy) is 1. The first-order valence-corrected chi connectivity index (χ1v) is 6.98. The molecule has 16 heavy (non-hydrogen) atoms. The Bertz CT molecular complexity index is 317. The SMILES string of the molecule is CCC(CCO)NCc1cc(Br)c(OC)s1. The summed E-state index contributed by atoms with van der Waals surface area (Å²) in [6, 6.07) is 2.46. The molecule has 0 saturated carbocycles. The van der Waals surface area contributed by atoms with Crippen LogP contribution in [0.25, 0.3) is 0 Å². The first-order valence-electron chi connectivity index (χ1n) is 5.37. The van der Waals surface area contributed by atoms with Gasteiger partial charge >= 0.3 is 0 Å². The number of rotatable bonds is 7. The van der Waals surface area contributed by atoms with E-state index >= 15 is 0 Å². The summed E-state index contributed by atoms with van der Waals surface area (Å²) >= 11 is 5.09. The van der Waals surface area contributed by atoms with E-state index in [1.165, 1.54) is 4.88 Å². The van der Waals surface area contributed by atoms with Crippen LogP contribution in [0.4, 0.5) is 0 Å². The zero-order valence-corrected chi connectivity index (χ0v) is 12.0. The van der Waals surface area contributed by atoms with Crippen LogP contribution in [0.2, 0.25) is 0 Å². The minimum absolute atomic E-state index is 0.239. The van der Waals surface area contributed by atoms with Gasteiger partial charge in [0.05, 0.1) is 11.6 Å². The number of methoxy groups -OCH3 is 1. The van der Waals surface area contributed by atoms with E-state index in [2.05, 4.69) is 34.2 Å². The van der Waals surface area contributed by atoms with Crippen molar-refractivity contribution >= 4 is 27.3 Å². The fourth-order valence-electron chi connectivity index (χ4n) is 1.48. The summed E-state index contributed by atoms with van der Waals surface area (Å²) in [5.74, 6) is 0. The van der Waals surface area contributed by atoms with Gasteiger partial charge in [0.2, 0.25) is 0 Å². The van der Waals surface area contributed by atoms with Crippen LogP contribution in [0.5, 0.6) is 5.06 Å². The summed E-state index contributed by atoms with van der Waals surface area (Å²) in [4.78, 5) is 1.24. The van der Waals surface area contributed by atoms with Crippen molar-refractivity contribution in [2.75, 3.05) is 13.7 Å². The van der Waals surface area contributed by atoms with Gasteiger partial charge in [-0.25, -0.2) is 0 Å². The van der Waals surface area contributed by atoms with E-state index in [0.29, 0.717) is 6.04 Å². The molecule has 0 spiro atoms. The van der Waals surface area contributed by atoms with Crippen LogP contribution in [-0.4, -0.2) is 24.9 Å². The lowest BCUT2D eigenvalue weighted by molar-refractivity contribution is 0.262. The first kappa shape index (κ1) is 14.0. The number of thiophene rings is 1. The molecule has 0 bridgehead atoms. The molecule has 0 amide bonds. The van der Waals surface area contributed by atoms with Gasteiger partial charge in [0, 0.05) is 24.1 Å². The van der Waals surface area contributed by atoms with Gasteiger partial charge in [-0.2, -0.15) is 0 Å². The predicted molar refractivity (Wildman–Crippen MR) is 71.2 cm³/mol. The van der Waals surface area contributed by atoms with Gasteiger partial charge in [0.25, 0.3) is 0 Å². The summed E-state index contributed by atoms with van der Waals surface area (Å²) in [5.41, 5.74) is 0. The zero-order valence-electron chi connectivity index (χ0n) is 9.62. The molecule has 1 unspecified atom stereocenters. The quantitative estimate of drug-likeness (QED) is 0.814. The Labute approximate surface area is 109 Å². The number of aliphatic hydroxyl groups excluding tert-OH is 1. The van der Waals surface area contributed by atoms with Crippen molar-refractivity contribution in [2.24, 2.45) is 0 Å². The molecule has 5 heteroatoms. The first-order chi connectivity index (χ1) is 7.71. The van der Waals surface area contributed by atoms with Gasteiger partial charge < -0.3 is 15.2 Å². The van der Waals surface area contributed by atoms with Gasteiger partial charge in [-0.1, -0.05) is 6.92 Å². The number of halogens is 1. The molecule has 0 saturated heterocycles. The molecule has 92 valence electrons. The standard InChI is InChI=1S/C11H18BrNO2S/c1-3-8(4-5-14)13-7-9-6-10(12)11(15-2)16-9/h6,8,13-14H,3-5,7H2,1-2H3. The summed E-state index contributed by atoms with van der Waals surface area (Å²) in [5, 5.41) is 13.2. The third kappa shape index (κ3) is 4.05. The molecule has 0 aromatic carbocycles. The molecule has 3 nitrogen and oxygen atoms in total. The summed E-state index contributed by atoms with van der Waals surface area (Å²) in [6.07, 6.45) is 1.84. The Morgan fingerprint density at radius 2 is 2.38 bits per heavy atom. The van der Waals surface area contributed by atoms with Crippen molar-refractivity contribution in [3.63, 3.8) is 0 Å². The van der Waals surface area contributed by atoms with E-state index in [-0.39, 0.29) is 6.61 Å². The topological polar surface area (TPSA) is 41.5 Å². The molecule has 1 heterocycles. The highest BCUT2D eigenvalue weighted by molar-refractivity contribution is 9.10. The molecule has 0 aliphatic carbocycles. The van der Waals surface area contributed by atoms with Crippen molar-refractivity contribution in [3.8, 4) is 5.06 Å². The van der Waals surface area contributed by atoms with Crippen LogP contribution in [0.1, 0.15) is 24.6 Å². The van der Waals surface area contributed by atoms with Crippen molar-refractivity contribution in [3.05, 3.63) is 15.4 Å². The van der Waals surface area contributed by atoms with Crippen LogP contribution in [0.3, 0.4) is 0 Å². The maximum Gasteiger partial charge on any atom is 0.188 e.